The molecule has 137 valence electrons. The van der Waals surface area contributed by atoms with Gasteiger partial charge < -0.3 is 23.3 Å². The van der Waals surface area contributed by atoms with Crippen molar-refractivity contribution in [3.05, 3.63) is 0 Å². The van der Waals surface area contributed by atoms with Gasteiger partial charge in [0.25, 0.3) is 0 Å². The zero-order valence-electron chi connectivity index (χ0n) is 14.5. The number of hydrogen-bond donors (Lipinski definition) is 2. The molecule has 0 aromatic carbocycles. The van der Waals surface area contributed by atoms with Gasteiger partial charge in [0.1, 0.15) is 6.10 Å². The van der Waals surface area contributed by atoms with Gasteiger partial charge in [0, 0.05) is 12.3 Å². The van der Waals surface area contributed by atoms with Crippen LogP contribution in [0.4, 0.5) is 0 Å². The normalized spacial score (nSPS) is 39.4. The summed E-state index contributed by atoms with van der Waals surface area (Å²) >= 11 is 9.90. The van der Waals surface area contributed by atoms with Crippen molar-refractivity contribution in [2.45, 2.75) is 64.1 Å². The minimum Gasteiger partial charge on any atom is -0.424 e. The summed E-state index contributed by atoms with van der Waals surface area (Å²) in [5.74, 6) is 0.623. The van der Waals surface area contributed by atoms with E-state index in [4.69, 9.17) is 37.5 Å². The molecule has 1 saturated carbocycles. The first-order valence-electron chi connectivity index (χ1n) is 8.37. The molecular weight excluding hydrogens is 382 g/mol. The minimum atomic E-state index is -2.69. The second-order valence-corrected chi connectivity index (χ2v) is 13.7. The summed E-state index contributed by atoms with van der Waals surface area (Å²) in [6, 6.07) is 0. The molecule has 1 heterocycles. The standard InChI is InChI=1S/C14H27BO5PS2Si/c1-9-4-11(12(16)5-9)7-17-21(22,23)20-13-6-10(2)19-14(13)8-18-24(3)15/h9-14,16H,4-8H2,1-3H3,(H,22,23). The maximum atomic E-state index is 10.0. The number of thiol groups is 1. The van der Waals surface area contributed by atoms with Crippen LogP contribution in [-0.4, -0.2) is 59.1 Å². The van der Waals surface area contributed by atoms with Crippen molar-refractivity contribution >= 4 is 46.1 Å². The molecule has 0 aromatic heterocycles. The van der Waals surface area contributed by atoms with Crippen LogP contribution in [0.15, 0.2) is 0 Å². The van der Waals surface area contributed by atoms with Crippen LogP contribution in [0.25, 0.3) is 0 Å². The van der Waals surface area contributed by atoms with Gasteiger partial charge in [0.15, 0.2) is 8.91 Å². The molecule has 1 aliphatic carbocycles. The van der Waals surface area contributed by atoms with E-state index in [9.17, 15) is 5.11 Å². The van der Waals surface area contributed by atoms with Crippen LogP contribution in [0.5, 0.6) is 0 Å². The van der Waals surface area contributed by atoms with E-state index >= 15 is 0 Å². The van der Waals surface area contributed by atoms with E-state index in [1.165, 1.54) is 0 Å². The predicted octanol–water partition coefficient (Wildman–Crippen LogP) is 2.43. The molecule has 5 nitrogen and oxygen atoms in total. The molecule has 2 fully saturated rings. The third-order valence-electron chi connectivity index (χ3n) is 4.47. The summed E-state index contributed by atoms with van der Waals surface area (Å²) in [6.07, 6.45) is 1.86. The molecule has 1 saturated heterocycles. The van der Waals surface area contributed by atoms with E-state index in [1.54, 1.807) is 0 Å². The SMILES string of the molecule is [B][Si](C)OCC1OC(C)CC1OP(=S)(S)OCC1CC(C)CC1O. The van der Waals surface area contributed by atoms with Gasteiger partial charge in [-0.15, -0.1) is 0 Å². The molecular formula is C14H27BO5PS2Si. The molecule has 7 unspecified atom stereocenters. The lowest BCUT2D eigenvalue weighted by molar-refractivity contribution is -0.00493. The third-order valence-corrected chi connectivity index (χ3v) is 7.31. The molecule has 3 radical (unpaired) electrons. The maximum Gasteiger partial charge on any atom is 0.244 e. The molecule has 1 N–H and O–H groups in total. The lowest BCUT2D eigenvalue weighted by Crippen LogP contribution is -2.31. The molecule has 2 rings (SSSR count). The monoisotopic (exact) mass is 409 g/mol. The van der Waals surface area contributed by atoms with Gasteiger partial charge in [-0.05, 0) is 37.5 Å². The highest BCUT2D eigenvalue weighted by atomic mass is 32.9. The summed E-state index contributed by atoms with van der Waals surface area (Å²) in [5, 5.41) is 10.0. The Bertz CT molecular complexity index is 461. The highest BCUT2D eigenvalue weighted by molar-refractivity contribution is 8.60. The lowest BCUT2D eigenvalue weighted by atomic mass is 10.1. The van der Waals surface area contributed by atoms with Gasteiger partial charge in [-0.2, -0.15) is 0 Å². The number of ether oxygens (including phenoxy) is 1. The fourth-order valence-electron chi connectivity index (χ4n) is 3.34. The highest BCUT2D eigenvalue weighted by Gasteiger charge is 2.38. The largest absolute Gasteiger partial charge is 0.424 e. The minimum absolute atomic E-state index is 0.0785. The molecule has 0 bridgehead atoms. The summed E-state index contributed by atoms with van der Waals surface area (Å²) < 4.78 is 23.2. The average Bonchev–Trinajstić information content (AvgIpc) is 2.95. The second kappa shape index (κ2) is 9.33. The Morgan fingerprint density at radius 3 is 2.62 bits per heavy atom. The molecule has 10 heteroatoms. The van der Waals surface area contributed by atoms with Gasteiger partial charge in [-0.1, -0.05) is 25.7 Å². The number of aliphatic hydroxyl groups excluding tert-OH is 1. The predicted molar refractivity (Wildman–Crippen MR) is 104 cm³/mol. The molecule has 0 aromatic rings. The molecule has 2 aliphatic rings. The van der Waals surface area contributed by atoms with E-state index in [1.807, 2.05) is 13.5 Å². The van der Waals surface area contributed by atoms with Crippen molar-refractivity contribution < 1.29 is 23.3 Å². The fraction of sp³-hybridized carbons (Fsp3) is 1.00. The Morgan fingerprint density at radius 2 is 2.04 bits per heavy atom. The van der Waals surface area contributed by atoms with Crippen LogP contribution < -0.4 is 0 Å². The molecule has 1 aliphatic heterocycles. The summed E-state index contributed by atoms with van der Waals surface area (Å²) in [5.41, 5.74) is -2.69. The summed E-state index contributed by atoms with van der Waals surface area (Å²) in [7, 11) is 4.46. The van der Waals surface area contributed by atoms with E-state index < -0.39 is 14.6 Å². The topological polar surface area (TPSA) is 57.2 Å². The molecule has 24 heavy (non-hydrogen) atoms. The van der Waals surface area contributed by atoms with E-state index in [-0.39, 0.29) is 30.3 Å². The van der Waals surface area contributed by atoms with Gasteiger partial charge in [-0.3, -0.25) is 0 Å². The fourth-order valence-corrected chi connectivity index (χ4v) is 5.85. The van der Waals surface area contributed by atoms with Crippen LogP contribution in [-0.2, 0) is 30.0 Å². The Labute approximate surface area is 158 Å². The number of rotatable bonds is 8. The molecule has 0 spiro atoms. The zero-order valence-corrected chi connectivity index (χ0v) is 18.1. The van der Waals surface area contributed by atoms with Gasteiger partial charge >= 0.3 is 0 Å². The van der Waals surface area contributed by atoms with Crippen molar-refractivity contribution in [1.29, 1.82) is 0 Å². The first-order valence-corrected chi connectivity index (χ1v) is 14.1. The number of hydrogen-bond acceptors (Lipinski definition) is 6. The third kappa shape index (κ3) is 6.67. The van der Waals surface area contributed by atoms with Crippen molar-refractivity contribution in [3.63, 3.8) is 0 Å². The Balaban J connectivity index is 1.84. The van der Waals surface area contributed by atoms with Crippen LogP contribution in [0.1, 0.15) is 33.1 Å². The van der Waals surface area contributed by atoms with Crippen molar-refractivity contribution in [2.24, 2.45) is 11.8 Å². The van der Waals surface area contributed by atoms with Crippen molar-refractivity contribution in [1.82, 2.24) is 0 Å². The zero-order chi connectivity index (χ0) is 17.9. The van der Waals surface area contributed by atoms with E-state index in [0.717, 1.165) is 19.3 Å². The molecule has 7 atom stereocenters. The second-order valence-electron chi connectivity index (χ2n) is 6.95. The lowest BCUT2D eigenvalue weighted by Gasteiger charge is -2.26. The summed E-state index contributed by atoms with van der Waals surface area (Å²) in [4.78, 5) is 0. The van der Waals surface area contributed by atoms with Crippen molar-refractivity contribution in [2.75, 3.05) is 13.2 Å². The van der Waals surface area contributed by atoms with Crippen molar-refractivity contribution in [3.8, 4) is 0 Å². The highest BCUT2D eigenvalue weighted by Crippen LogP contribution is 2.56. The maximum absolute atomic E-state index is 10.0. The van der Waals surface area contributed by atoms with E-state index in [2.05, 4.69) is 19.2 Å². The van der Waals surface area contributed by atoms with Gasteiger partial charge in [-0.25, -0.2) is 0 Å². The Hall–Kier alpha value is 1.08. The van der Waals surface area contributed by atoms with Gasteiger partial charge in [0.05, 0.1) is 39.0 Å². The Kier molecular flexibility index (Phi) is 8.31. The first-order chi connectivity index (χ1) is 11.2. The van der Waals surface area contributed by atoms with Crippen LogP contribution in [0, 0.1) is 11.8 Å². The average molecular weight is 409 g/mol. The quantitative estimate of drug-likeness (QED) is 0.365. The van der Waals surface area contributed by atoms with Gasteiger partial charge in [0.2, 0.25) is 5.69 Å². The summed E-state index contributed by atoms with van der Waals surface area (Å²) in [6.45, 7) is 6.80. The number of aliphatic hydroxyl groups is 1. The smallest absolute Gasteiger partial charge is 0.244 e. The Morgan fingerprint density at radius 1 is 1.33 bits per heavy atom. The van der Waals surface area contributed by atoms with E-state index in [0.29, 0.717) is 19.1 Å². The van der Waals surface area contributed by atoms with Crippen LogP contribution in [0.3, 0.4) is 0 Å². The van der Waals surface area contributed by atoms with Crippen LogP contribution in [0.2, 0.25) is 6.55 Å². The van der Waals surface area contributed by atoms with Crippen LogP contribution >= 0.6 is 17.9 Å². The first kappa shape index (κ1) is 21.4. The molecule has 0 amide bonds.